The molecule has 0 spiro atoms. The second kappa shape index (κ2) is 6.51. The number of nitrogens with zero attached hydrogens (tertiary/aromatic N) is 4. The Morgan fingerprint density at radius 1 is 1.35 bits per heavy atom. The van der Waals surface area contributed by atoms with E-state index in [-0.39, 0.29) is 5.95 Å². The van der Waals surface area contributed by atoms with E-state index >= 15 is 0 Å². The van der Waals surface area contributed by atoms with Gasteiger partial charge in [0.15, 0.2) is 0 Å². The number of rotatable bonds is 5. The van der Waals surface area contributed by atoms with Crippen LogP contribution in [0.4, 0.5) is 5.95 Å². The molecule has 0 fully saturated rings. The van der Waals surface area contributed by atoms with Crippen LogP contribution in [0.5, 0.6) is 5.75 Å². The van der Waals surface area contributed by atoms with Gasteiger partial charge < -0.3 is 19.8 Å². The van der Waals surface area contributed by atoms with Crippen molar-refractivity contribution >= 4 is 32.9 Å². The maximum atomic E-state index is 5.71. The monoisotopic (exact) mass is 377 g/mol. The maximum Gasteiger partial charge on any atom is 0.220 e. The van der Waals surface area contributed by atoms with Crippen molar-refractivity contribution in [1.29, 1.82) is 0 Å². The fourth-order valence-electron chi connectivity index (χ4n) is 2.39. The first-order valence-corrected chi connectivity index (χ1v) is 7.83. The number of aromatic nitrogens is 4. The van der Waals surface area contributed by atoms with Crippen molar-refractivity contribution in [3.8, 4) is 17.0 Å². The molecule has 3 aromatic heterocycles. The zero-order valence-electron chi connectivity index (χ0n) is 12.8. The van der Waals surface area contributed by atoms with Crippen LogP contribution in [0.15, 0.2) is 29.1 Å². The molecular weight excluding hydrogens is 362 g/mol. The van der Waals surface area contributed by atoms with Crippen molar-refractivity contribution in [1.82, 2.24) is 19.5 Å². The van der Waals surface area contributed by atoms with E-state index in [1.165, 1.54) is 0 Å². The quantitative estimate of drug-likeness (QED) is 0.687. The largest absolute Gasteiger partial charge is 0.496 e. The van der Waals surface area contributed by atoms with Gasteiger partial charge in [0, 0.05) is 30.6 Å². The van der Waals surface area contributed by atoms with Crippen LogP contribution in [0.3, 0.4) is 0 Å². The van der Waals surface area contributed by atoms with Gasteiger partial charge in [-0.1, -0.05) is 0 Å². The molecule has 3 heterocycles. The van der Waals surface area contributed by atoms with E-state index in [0.29, 0.717) is 29.4 Å². The predicted octanol–water partition coefficient (Wildman–Crippen LogP) is 2.84. The molecule has 0 unspecified atom stereocenters. The number of halogens is 1. The maximum absolute atomic E-state index is 5.71. The van der Waals surface area contributed by atoms with Gasteiger partial charge in [0.05, 0.1) is 18.2 Å². The Labute approximate surface area is 141 Å². The van der Waals surface area contributed by atoms with Crippen LogP contribution in [-0.4, -0.2) is 33.2 Å². The molecule has 0 bridgehead atoms. The van der Waals surface area contributed by atoms with Gasteiger partial charge >= 0.3 is 0 Å². The van der Waals surface area contributed by atoms with Crippen LogP contribution in [0, 0.1) is 0 Å². The Balaban J connectivity index is 2.28. The third-order valence-electron chi connectivity index (χ3n) is 3.36. The zero-order valence-corrected chi connectivity index (χ0v) is 14.4. The van der Waals surface area contributed by atoms with E-state index in [2.05, 4.69) is 30.9 Å². The fraction of sp³-hybridized carbons (Fsp3) is 0.267. The van der Waals surface area contributed by atoms with Crippen molar-refractivity contribution in [2.45, 2.75) is 13.7 Å². The first-order chi connectivity index (χ1) is 11.1. The summed E-state index contributed by atoms with van der Waals surface area (Å²) in [6.07, 6.45) is 3.56. The van der Waals surface area contributed by atoms with Crippen molar-refractivity contribution in [2.24, 2.45) is 0 Å². The van der Waals surface area contributed by atoms with Crippen LogP contribution in [0.2, 0.25) is 0 Å². The van der Waals surface area contributed by atoms with Crippen LogP contribution < -0.4 is 10.5 Å². The lowest BCUT2D eigenvalue weighted by molar-refractivity contribution is 0.0905. The Hall–Kier alpha value is -2.19. The highest BCUT2D eigenvalue weighted by Gasteiger charge is 2.18. The second-order valence-electron chi connectivity index (χ2n) is 4.78. The van der Waals surface area contributed by atoms with E-state index < -0.39 is 0 Å². The fourth-order valence-corrected chi connectivity index (χ4v) is 2.77. The normalized spacial score (nSPS) is 11.1. The molecule has 120 valence electrons. The van der Waals surface area contributed by atoms with Gasteiger partial charge in [-0.15, -0.1) is 0 Å². The highest BCUT2D eigenvalue weighted by Crippen LogP contribution is 2.37. The van der Waals surface area contributed by atoms with E-state index in [9.17, 15) is 0 Å². The summed E-state index contributed by atoms with van der Waals surface area (Å²) >= 11 is 3.41. The van der Waals surface area contributed by atoms with Crippen molar-refractivity contribution in [2.75, 3.05) is 19.5 Å². The molecule has 0 amide bonds. The Kier molecular flexibility index (Phi) is 4.44. The van der Waals surface area contributed by atoms with Crippen LogP contribution in [0.25, 0.3) is 22.3 Å². The molecular formula is C15H16BrN5O2. The van der Waals surface area contributed by atoms with Gasteiger partial charge in [-0.3, -0.25) is 0 Å². The summed E-state index contributed by atoms with van der Waals surface area (Å²) in [5, 5.41) is 0.855. The standard InChI is InChI=1S/C15H16BrN5O2/c1-3-23-8-21-7-9(10-4-5-18-15(17)19-10)13-11(22-2)6-12(16)20-14(13)21/h4-7H,3,8H2,1-2H3,(H2,17,18,19). The number of hydrogen-bond acceptors (Lipinski definition) is 6. The lowest BCUT2D eigenvalue weighted by Crippen LogP contribution is -2.02. The molecule has 3 rings (SSSR count). The third kappa shape index (κ3) is 2.99. The van der Waals surface area contributed by atoms with E-state index in [0.717, 1.165) is 16.6 Å². The lowest BCUT2D eigenvalue weighted by Gasteiger charge is -2.07. The zero-order chi connectivity index (χ0) is 16.4. The van der Waals surface area contributed by atoms with Crippen LogP contribution in [-0.2, 0) is 11.5 Å². The summed E-state index contributed by atoms with van der Waals surface area (Å²) < 4.78 is 13.6. The van der Waals surface area contributed by atoms with Gasteiger partial charge in [0.1, 0.15) is 22.7 Å². The van der Waals surface area contributed by atoms with Crippen LogP contribution in [0.1, 0.15) is 6.92 Å². The summed E-state index contributed by atoms with van der Waals surface area (Å²) in [6.45, 7) is 2.95. The number of anilines is 1. The smallest absolute Gasteiger partial charge is 0.220 e. The van der Waals surface area contributed by atoms with E-state index in [4.69, 9.17) is 15.2 Å². The minimum atomic E-state index is 0.220. The molecule has 2 N–H and O–H groups in total. The van der Waals surface area contributed by atoms with E-state index in [1.54, 1.807) is 19.4 Å². The Morgan fingerprint density at radius 3 is 2.87 bits per heavy atom. The molecule has 7 nitrogen and oxygen atoms in total. The summed E-state index contributed by atoms with van der Waals surface area (Å²) in [5.41, 5.74) is 8.04. The summed E-state index contributed by atoms with van der Waals surface area (Å²) in [5.74, 6) is 0.918. The molecule has 8 heteroatoms. The molecule has 0 atom stereocenters. The number of pyridine rings is 1. The Morgan fingerprint density at radius 2 is 2.17 bits per heavy atom. The minimum absolute atomic E-state index is 0.220. The average Bonchev–Trinajstić information content (AvgIpc) is 2.90. The van der Waals surface area contributed by atoms with Crippen LogP contribution >= 0.6 is 15.9 Å². The average molecular weight is 378 g/mol. The highest BCUT2D eigenvalue weighted by molar-refractivity contribution is 9.10. The minimum Gasteiger partial charge on any atom is -0.496 e. The molecule has 0 aliphatic carbocycles. The first-order valence-electron chi connectivity index (χ1n) is 7.04. The third-order valence-corrected chi connectivity index (χ3v) is 3.77. The van der Waals surface area contributed by atoms with Gasteiger partial charge in [0.25, 0.3) is 0 Å². The number of ether oxygens (including phenoxy) is 2. The highest BCUT2D eigenvalue weighted by atomic mass is 79.9. The molecule has 0 aromatic carbocycles. The molecule has 0 aliphatic heterocycles. The molecule has 0 radical (unpaired) electrons. The first kappa shape index (κ1) is 15.7. The number of fused-ring (bicyclic) bond motifs is 1. The van der Waals surface area contributed by atoms with Gasteiger partial charge in [-0.05, 0) is 28.9 Å². The lowest BCUT2D eigenvalue weighted by atomic mass is 10.1. The molecule has 0 saturated heterocycles. The summed E-state index contributed by atoms with van der Waals surface area (Å²) in [4.78, 5) is 12.8. The number of nitrogens with two attached hydrogens (primary N) is 1. The summed E-state index contributed by atoms with van der Waals surface area (Å²) in [6, 6.07) is 3.62. The molecule has 0 saturated carbocycles. The topological polar surface area (TPSA) is 88.1 Å². The number of nitrogen functional groups attached to an aromatic ring is 1. The van der Waals surface area contributed by atoms with Crippen molar-refractivity contribution in [3.05, 3.63) is 29.1 Å². The van der Waals surface area contributed by atoms with Gasteiger partial charge in [0.2, 0.25) is 5.95 Å². The number of hydrogen-bond donors (Lipinski definition) is 1. The Bertz CT molecular complexity index is 849. The molecule has 23 heavy (non-hydrogen) atoms. The van der Waals surface area contributed by atoms with Gasteiger partial charge in [-0.2, -0.15) is 0 Å². The SMILES string of the molecule is CCOCn1cc(-c2ccnc(N)n2)c2c(OC)cc(Br)nc21. The summed E-state index contributed by atoms with van der Waals surface area (Å²) in [7, 11) is 1.62. The van der Waals surface area contributed by atoms with Gasteiger partial charge in [-0.25, -0.2) is 15.0 Å². The molecule has 0 aliphatic rings. The van der Waals surface area contributed by atoms with E-state index in [1.807, 2.05) is 23.8 Å². The molecule has 3 aromatic rings. The second-order valence-corrected chi connectivity index (χ2v) is 5.59. The van der Waals surface area contributed by atoms with Crippen molar-refractivity contribution in [3.63, 3.8) is 0 Å². The van der Waals surface area contributed by atoms with Crippen molar-refractivity contribution < 1.29 is 9.47 Å². The number of methoxy groups -OCH3 is 1. The predicted molar refractivity (Wildman–Crippen MR) is 91.0 cm³/mol.